The number of imidazole rings is 1. The average Bonchev–Trinajstić information content (AvgIpc) is 3.72. The topological polar surface area (TPSA) is 99.4 Å². The summed E-state index contributed by atoms with van der Waals surface area (Å²) in [5, 5.41) is 10.7. The second kappa shape index (κ2) is 11.6. The third kappa shape index (κ3) is 5.52. The predicted molar refractivity (Wildman–Crippen MR) is 164 cm³/mol. The van der Waals surface area contributed by atoms with Gasteiger partial charge in [-0.05, 0) is 62.6 Å². The number of nitrogens with zero attached hydrogens (tertiary/aromatic N) is 3. The zero-order valence-corrected chi connectivity index (χ0v) is 23.8. The van der Waals surface area contributed by atoms with E-state index in [9.17, 15) is 9.18 Å². The quantitative estimate of drug-likeness (QED) is 0.208. The fraction of sp³-hybridized carbons (Fsp3) is 0.235. The van der Waals surface area contributed by atoms with Gasteiger partial charge in [0, 0.05) is 34.9 Å². The lowest BCUT2D eigenvalue weighted by atomic mass is 10.0. The molecule has 0 atom stereocenters. The van der Waals surface area contributed by atoms with Gasteiger partial charge in [0.05, 0.1) is 16.9 Å². The molecule has 1 saturated carbocycles. The maximum atomic E-state index is 13.7. The summed E-state index contributed by atoms with van der Waals surface area (Å²) in [5.74, 6) is 0.489. The van der Waals surface area contributed by atoms with Crippen molar-refractivity contribution in [3.8, 4) is 11.5 Å². The standard InChI is InChI=1S/C34H33FN6O/c1-4-7-24(19-21(3)36-34(42)23-8-5-6-9-23)27-16-17-28-31(37-27)32(41-40-28)33-38-29-18-20(2)10-15-26(30(29)39-33)22-11-13-25(35)14-12-22/h4,7,10-17,19,23H,1,5-6,8-9,18H2,2-3H3,(H,36,42)(H,38,39)(H,40,41)/b21-19+,24-7+. The number of carbonyl (C=O) groups is 1. The Labute approximate surface area is 244 Å². The second-order valence-electron chi connectivity index (χ2n) is 11.0. The molecule has 0 aliphatic heterocycles. The first-order valence-electron chi connectivity index (χ1n) is 14.3. The summed E-state index contributed by atoms with van der Waals surface area (Å²) >= 11 is 0. The number of allylic oxidation sites excluding steroid dienone is 8. The number of aromatic nitrogens is 5. The Balaban J connectivity index is 1.35. The van der Waals surface area contributed by atoms with Crippen LogP contribution in [0.3, 0.4) is 0 Å². The van der Waals surface area contributed by atoms with Crippen molar-refractivity contribution in [2.75, 3.05) is 0 Å². The first-order valence-corrected chi connectivity index (χ1v) is 14.3. The monoisotopic (exact) mass is 560 g/mol. The van der Waals surface area contributed by atoms with Gasteiger partial charge in [-0.25, -0.2) is 14.4 Å². The summed E-state index contributed by atoms with van der Waals surface area (Å²) in [7, 11) is 0. The van der Waals surface area contributed by atoms with Crippen molar-refractivity contribution in [3.05, 3.63) is 113 Å². The first kappa shape index (κ1) is 27.3. The van der Waals surface area contributed by atoms with Gasteiger partial charge in [0.25, 0.3) is 0 Å². The van der Waals surface area contributed by atoms with Crippen molar-refractivity contribution in [2.24, 2.45) is 5.92 Å². The Morgan fingerprint density at radius 3 is 2.62 bits per heavy atom. The molecule has 7 nitrogen and oxygen atoms in total. The van der Waals surface area contributed by atoms with Crippen LogP contribution in [0.1, 0.15) is 62.2 Å². The van der Waals surface area contributed by atoms with E-state index in [-0.39, 0.29) is 17.6 Å². The Morgan fingerprint density at radius 2 is 1.86 bits per heavy atom. The van der Waals surface area contributed by atoms with Crippen LogP contribution in [0.25, 0.3) is 33.7 Å². The van der Waals surface area contributed by atoms with Crippen LogP contribution in [0, 0.1) is 11.7 Å². The summed E-state index contributed by atoms with van der Waals surface area (Å²) in [4.78, 5) is 26.1. The number of aromatic amines is 2. The lowest BCUT2D eigenvalue weighted by Crippen LogP contribution is -2.27. The molecule has 1 amide bonds. The number of halogens is 1. The smallest absolute Gasteiger partial charge is 0.227 e. The third-order valence-corrected chi connectivity index (χ3v) is 7.82. The lowest BCUT2D eigenvalue weighted by molar-refractivity contribution is -0.124. The molecule has 3 heterocycles. The summed E-state index contributed by atoms with van der Waals surface area (Å²) < 4.78 is 13.7. The summed E-state index contributed by atoms with van der Waals surface area (Å²) in [6.45, 7) is 7.85. The molecule has 2 aliphatic rings. The fourth-order valence-corrected chi connectivity index (χ4v) is 5.69. The van der Waals surface area contributed by atoms with Crippen LogP contribution in [0.4, 0.5) is 4.39 Å². The van der Waals surface area contributed by atoms with Crippen molar-refractivity contribution in [3.63, 3.8) is 0 Å². The lowest BCUT2D eigenvalue weighted by Gasteiger charge is -2.11. The van der Waals surface area contributed by atoms with E-state index in [0.717, 1.165) is 70.7 Å². The minimum Gasteiger partial charge on any atom is -0.340 e. The van der Waals surface area contributed by atoms with Crippen LogP contribution >= 0.6 is 0 Å². The van der Waals surface area contributed by atoms with Crippen LogP contribution in [-0.4, -0.2) is 31.1 Å². The number of nitrogens with one attached hydrogen (secondary N) is 3. The molecule has 4 aromatic rings. The van der Waals surface area contributed by atoms with Crippen LogP contribution in [0.2, 0.25) is 0 Å². The van der Waals surface area contributed by atoms with Gasteiger partial charge in [0.15, 0.2) is 11.5 Å². The highest BCUT2D eigenvalue weighted by atomic mass is 19.1. The number of fused-ring (bicyclic) bond motifs is 2. The maximum Gasteiger partial charge on any atom is 0.227 e. The molecule has 0 bridgehead atoms. The highest BCUT2D eigenvalue weighted by molar-refractivity contribution is 5.91. The van der Waals surface area contributed by atoms with Gasteiger partial charge in [-0.2, -0.15) is 5.10 Å². The van der Waals surface area contributed by atoms with E-state index in [1.54, 1.807) is 18.2 Å². The van der Waals surface area contributed by atoms with E-state index in [1.165, 1.54) is 17.7 Å². The Kier molecular flexibility index (Phi) is 7.52. The Morgan fingerprint density at radius 1 is 1.07 bits per heavy atom. The number of pyridine rings is 1. The van der Waals surface area contributed by atoms with E-state index < -0.39 is 0 Å². The van der Waals surface area contributed by atoms with E-state index in [2.05, 4.69) is 40.1 Å². The first-order chi connectivity index (χ1) is 20.4. The molecule has 212 valence electrons. The van der Waals surface area contributed by atoms with Crippen molar-refractivity contribution in [1.29, 1.82) is 0 Å². The van der Waals surface area contributed by atoms with E-state index in [1.807, 2.05) is 37.3 Å². The van der Waals surface area contributed by atoms with Gasteiger partial charge in [0.2, 0.25) is 5.91 Å². The van der Waals surface area contributed by atoms with Gasteiger partial charge in [-0.15, -0.1) is 0 Å². The minimum atomic E-state index is -0.279. The largest absolute Gasteiger partial charge is 0.340 e. The molecule has 6 rings (SSSR count). The number of rotatable bonds is 7. The van der Waals surface area contributed by atoms with Crippen LogP contribution in [0.5, 0.6) is 0 Å². The van der Waals surface area contributed by atoms with Crippen LogP contribution in [0.15, 0.2) is 84.6 Å². The highest BCUT2D eigenvalue weighted by Gasteiger charge is 2.24. The van der Waals surface area contributed by atoms with Gasteiger partial charge in [-0.3, -0.25) is 9.89 Å². The summed E-state index contributed by atoms with van der Waals surface area (Å²) in [5.41, 5.74) is 9.09. The van der Waals surface area contributed by atoms with E-state index in [0.29, 0.717) is 23.5 Å². The van der Waals surface area contributed by atoms with Crippen molar-refractivity contribution in [1.82, 2.24) is 30.5 Å². The number of H-pyrrole nitrogens is 2. The molecule has 1 fully saturated rings. The van der Waals surface area contributed by atoms with Crippen LogP contribution < -0.4 is 5.32 Å². The molecule has 2 aliphatic carbocycles. The molecule has 8 heteroatoms. The summed E-state index contributed by atoms with van der Waals surface area (Å²) in [6.07, 6.45) is 14.4. The van der Waals surface area contributed by atoms with Gasteiger partial charge < -0.3 is 10.3 Å². The number of hydrogen-bond donors (Lipinski definition) is 3. The second-order valence-corrected chi connectivity index (χ2v) is 11.0. The van der Waals surface area contributed by atoms with E-state index in [4.69, 9.17) is 9.97 Å². The van der Waals surface area contributed by atoms with Crippen molar-refractivity contribution >= 4 is 28.1 Å². The Hall–Kier alpha value is -4.85. The molecular weight excluding hydrogens is 527 g/mol. The number of amides is 1. The molecule has 0 spiro atoms. The molecule has 0 radical (unpaired) electrons. The van der Waals surface area contributed by atoms with Crippen molar-refractivity contribution in [2.45, 2.75) is 46.0 Å². The van der Waals surface area contributed by atoms with Crippen LogP contribution in [-0.2, 0) is 11.2 Å². The number of carbonyl (C=O) groups excluding carboxylic acids is 1. The maximum absolute atomic E-state index is 13.7. The van der Waals surface area contributed by atoms with Gasteiger partial charge in [-0.1, -0.05) is 61.4 Å². The zero-order chi connectivity index (χ0) is 29.2. The normalized spacial score (nSPS) is 16.2. The summed E-state index contributed by atoms with van der Waals surface area (Å²) in [6, 6.07) is 10.3. The molecular formula is C34H33FN6O. The Bertz CT molecular complexity index is 1800. The third-order valence-electron chi connectivity index (χ3n) is 7.82. The number of benzene rings is 1. The van der Waals surface area contributed by atoms with Gasteiger partial charge >= 0.3 is 0 Å². The average molecular weight is 561 g/mol. The number of hydrogen-bond acceptors (Lipinski definition) is 4. The predicted octanol–water partition coefficient (Wildman–Crippen LogP) is 7.20. The van der Waals surface area contributed by atoms with Crippen molar-refractivity contribution < 1.29 is 9.18 Å². The highest BCUT2D eigenvalue weighted by Crippen LogP contribution is 2.33. The SMILES string of the molecule is C=C/C=C(\C=C(/C)NC(=O)C1CCCC1)c1ccc2[nH]nc(-c3nc4c([nH]3)CC(C)=CC=C4c3ccc(F)cc3)c2n1. The fourth-order valence-electron chi connectivity index (χ4n) is 5.69. The molecule has 42 heavy (non-hydrogen) atoms. The molecule has 3 N–H and O–H groups in total. The molecule has 0 saturated heterocycles. The van der Waals surface area contributed by atoms with Gasteiger partial charge in [0.1, 0.15) is 11.3 Å². The zero-order valence-electron chi connectivity index (χ0n) is 23.8. The minimum absolute atomic E-state index is 0.0801. The van der Waals surface area contributed by atoms with E-state index >= 15 is 0 Å². The molecule has 3 aromatic heterocycles. The molecule has 1 aromatic carbocycles. The molecule has 0 unspecified atom stereocenters.